The molecule has 7 heteroatoms. The molecular formula is C21H30N2O4S. The Kier molecular flexibility index (Phi) is 4.83. The number of nitrogens with one attached hydrogen (secondary N) is 1. The fourth-order valence-electron chi connectivity index (χ4n) is 5.84. The molecule has 28 heavy (non-hydrogen) atoms. The fraction of sp³-hybridized carbons (Fsp3) is 0.667. The first-order valence-electron chi connectivity index (χ1n) is 10.2. The average Bonchev–Trinajstić information content (AvgIpc) is 3.13. The Bertz CT molecular complexity index is 854. The van der Waals surface area contributed by atoms with E-state index in [2.05, 4.69) is 19.3 Å². The molecule has 4 rings (SSSR count). The van der Waals surface area contributed by atoms with E-state index < -0.39 is 16.1 Å². The third kappa shape index (κ3) is 2.82. The van der Waals surface area contributed by atoms with Crippen LogP contribution in [0.3, 0.4) is 0 Å². The predicted octanol–water partition coefficient (Wildman–Crippen LogP) is 2.85. The van der Waals surface area contributed by atoms with E-state index in [1.165, 1.54) is 4.31 Å². The Labute approximate surface area is 167 Å². The predicted molar refractivity (Wildman–Crippen MR) is 106 cm³/mol. The largest absolute Gasteiger partial charge is 0.296 e. The quantitative estimate of drug-likeness (QED) is 0.735. The van der Waals surface area contributed by atoms with E-state index in [1.54, 1.807) is 0 Å². The minimum absolute atomic E-state index is 0.0429. The van der Waals surface area contributed by atoms with Gasteiger partial charge in [-0.05, 0) is 42.6 Å². The molecule has 1 aliphatic heterocycles. The van der Waals surface area contributed by atoms with Gasteiger partial charge in [-0.1, -0.05) is 51.1 Å². The van der Waals surface area contributed by atoms with Gasteiger partial charge in [-0.3, -0.25) is 9.63 Å². The fourth-order valence-corrected chi connectivity index (χ4v) is 8.42. The van der Waals surface area contributed by atoms with Gasteiger partial charge in [0.15, 0.2) is 0 Å². The number of amides is 1. The van der Waals surface area contributed by atoms with Gasteiger partial charge in [0.1, 0.15) is 6.04 Å². The molecule has 3 aliphatic rings. The van der Waals surface area contributed by atoms with E-state index in [0.717, 1.165) is 24.8 Å². The van der Waals surface area contributed by atoms with Gasteiger partial charge in [0, 0.05) is 5.41 Å². The lowest BCUT2D eigenvalue weighted by Gasteiger charge is -2.37. The van der Waals surface area contributed by atoms with Crippen molar-refractivity contribution in [1.82, 2.24) is 9.79 Å². The van der Waals surface area contributed by atoms with Crippen molar-refractivity contribution in [2.75, 3.05) is 5.75 Å². The SMILES string of the molecule is CC[C@@H](NOCc1ccccc1)C(=O)N1C2CC3CC[C@@]2(CS1(=O)=O)C3(C)C. The van der Waals surface area contributed by atoms with Gasteiger partial charge >= 0.3 is 0 Å². The van der Waals surface area contributed by atoms with Crippen molar-refractivity contribution in [3.8, 4) is 0 Å². The summed E-state index contributed by atoms with van der Waals surface area (Å²) in [6, 6.07) is 8.79. The molecule has 154 valence electrons. The van der Waals surface area contributed by atoms with Crippen LogP contribution in [0.5, 0.6) is 0 Å². The number of carbonyl (C=O) groups excluding carboxylic acids is 1. The number of benzene rings is 1. The van der Waals surface area contributed by atoms with Crippen molar-refractivity contribution >= 4 is 15.9 Å². The summed E-state index contributed by atoms with van der Waals surface area (Å²) in [5.41, 5.74) is 3.47. The van der Waals surface area contributed by atoms with Gasteiger partial charge in [-0.15, -0.1) is 0 Å². The zero-order valence-electron chi connectivity index (χ0n) is 16.8. The highest BCUT2D eigenvalue weighted by Crippen LogP contribution is 2.70. The third-order valence-electron chi connectivity index (χ3n) is 7.64. The van der Waals surface area contributed by atoms with Crippen LogP contribution in [-0.4, -0.2) is 36.5 Å². The number of fused-ring (bicyclic) bond motifs is 1. The summed E-state index contributed by atoms with van der Waals surface area (Å²) in [4.78, 5) is 18.8. The highest BCUT2D eigenvalue weighted by atomic mass is 32.2. The molecule has 2 unspecified atom stereocenters. The van der Waals surface area contributed by atoms with Crippen LogP contribution in [0.4, 0.5) is 0 Å². The lowest BCUT2D eigenvalue weighted by atomic mass is 9.69. The molecule has 6 nitrogen and oxygen atoms in total. The highest BCUT2D eigenvalue weighted by Gasteiger charge is 2.72. The highest BCUT2D eigenvalue weighted by molar-refractivity contribution is 7.90. The maximum Gasteiger partial charge on any atom is 0.255 e. The van der Waals surface area contributed by atoms with Gasteiger partial charge in [-0.2, -0.15) is 5.48 Å². The number of nitrogens with zero attached hydrogens (tertiary/aromatic N) is 1. The molecule has 4 atom stereocenters. The Morgan fingerprint density at radius 3 is 2.68 bits per heavy atom. The van der Waals surface area contributed by atoms with Gasteiger partial charge < -0.3 is 0 Å². The van der Waals surface area contributed by atoms with E-state index in [4.69, 9.17) is 4.84 Å². The molecule has 2 bridgehead atoms. The molecule has 2 saturated carbocycles. The van der Waals surface area contributed by atoms with Crippen LogP contribution in [0.25, 0.3) is 0 Å². The minimum Gasteiger partial charge on any atom is -0.296 e. The van der Waals surface area contributed by atoms with E-state index in [1.807, 2.05) is 37.3 Å². The van der Waals surface area contributed by atoms with Crippen molar-refractivity contribution in [2.24, 2.45) is 16.7 Å². The smallest absolute Gasteiger partial charge is 0.255 e. The van der Waals surface area contributed by atoms with Gasteiger partial charge in [0.2, 0.25) is 10.0 Å². The van der Waals surface area contributed by atoms with Gasteiger partial charge in [-0.25, -0.2) is 12.7 Å². The Hall–Kier alpha value is -1.44. The Balaban J connectivity index is 1.50. The number of sulfonamides is 1. The van der Waals surface area contributed by atoms with Crippen LogP contribution in [-0.2, 0) is 26.3 Å². The lowest BCUT2D eigenvalue weighted by Crippen LogP contribution is -2.51. The maximum atomic E-state index is 13.3. The molecule has 1 N–H and O–H groups in total. The first-order chi connectivity index (χ1) is 13.2. The third-order valence-corrected chi connectivity index (χ3v) is 9.56. The number of rotatable bonds is 6. The zero-order chi connectivity index (χ0) is 20.2. The van der Waals surface area contributed by atoms with Crippen molar-refractivity contribution in [1.29, 1.82) is 0 Å². The van der Waals surface area contributed by atoms with Crippen LogP contribution in [0.2, 0.25) is 0 Å². The summed E-state index contributed by atoms with van der Waals surface area (Å²) in [5.74, 6) is 0.216. The second-order valence-corrected chi connectivity index (χ2v) is 11.0. The topological polar surface area (TPSA) is 75.7 Å². The second kappa shape index (κ2) is 6.82. The van der Waals surface area contributed by atoms with Crippen molar-refractivity contribution < 1.29 is 18.0 Å². The van der Waals surface area contributed by atoms with E-state index >= 15 is 0 Å². The lowest BCUT2D eigenvalue weighted by molar-refractivity contribution is -0.136. The number of hydrogen-bond acceptors (Lipinski definition) is 5. The van der Waals surface area contributed by atoms with Crippen LogP contribution in [0.1, 0.15) is 52.0 Å². The molecule has 2 aliphatic carbocycles. The molecule has 1 heterocycles. The normalized spacial score (nSPS) is 33.0. The standard InChI is InChI=1S/C21H30N2O4S/c1-4-17(22-27-13-15-8-6-5-7-9-15)19(24)23-18-12-16-10-11-21(18,20(16,2)3)14-28(23,25)26/h5-9,16-18,22H,4,10-14H2,1-3H3/t16?,17-,18?,21+/m1/s1. The molecule has 0 aromatic heterocycles. The summed E-state index contributed by atoms with van der Waals surface area (Å²) >= 11 is 0. The summed E-state index contributed by atoms with van der Waals surface area (Å²) in [5, 5.41) is 0. The van der Waals surface area contributed by atoms with Crippen LogP contribution in [0, 0.1) is 16.7 Å². The van der Waals surface area contributed by atoms with Crippen LogP contribution >= 0.6 is 0 Å². The Morgan fingerprint density at radius 2 is 2.04 bits per heavy atom. The summed E-state index contributed by atoms with van der Waals surface area (Å²) in [6.07, 6.45) is 3.22. The molecule has 1 amide bonds. The molecule has 0 radical (unpaired) electrons. The van der Waals surface area contributed by atoms with Crippen molar-refractivity contribution in [3.05, 3.63) is 35.9 Å². The van der Waals surface area contributed by atoms with E-state index in [-0.39, 0.29) is 28.5 Å². The summed E-state index contributed by atoms with van der Waals surface area (Å²) in [6.45, 7) is 6.56. The van der Waals surface area contributed by atoms with Crippen LogP contribution in [0.15, 0.2) is 30.3 Å². The molecule has 1 aromatic rings. The second-order valence-electron chi connectivity index (χ2n) is 9.11. The maximum absolute atomic E-state index is 13.3. The monoisotopic (exact) mass is 406 g/mol. The average molecular weight is 407 g/mol. The van der Waals surface area contributed by atoms with Crippen molar-refractivity contribution in [2.45, 2.75) is 65.1 Å². The minimum atomic E-state index is -3.60. The van der Waals surface area contributed by atoms with E-state index in [9.17, 15) is 13.2 Å². The number of carbonyl (C=O) groups is 1. The summed E-state index contributed by atoms with van der Waals surface area (Å²) in [7, 11) is -3.60. The number of hydrogen-bond donors (Lipinski definition) is 1. The number of hydroxylamine groups is 1. The first-order valence-corrected chi connectivity index (χ1v) is 11.8. The van der Waals surface area contributed by atoms with Crippen LogP contribution < -0.4 is 5.48 Å². The van der Waals surface area contributed by atoms with Gasteiger partial charge in [0.25, 0.3) is 5.91 Å². The molecule has 1 saturated heterocycles. The zero-order valence-corrected chi connectivity index (χ0v) is 17.7. The van der Waals surface area contributed by atoms with E-state index in [0.29, 0.717) is 18.9 Å². The van der Waals surface area contributed by atoms with Crippen molar-refractivity contribution in [3.63, 3.8) is 0 Å². The molecule has 1 spiro atoms. The molecular weight excluding hydrogens is 376 g/mol. The Morgan fingerprint density at radius 1 is 1.32 bits per heavy atom. The first kappa shape index (κ1) is 19.9. The molecule has 3 fully saturated rings. The summed E-state index contributed by atoms with van der Waals surface area (Å²) < 4.78 is 27.3. The molecule has 1 aromatic carbocycles. The van der Waals surface area contributed by atoms with Gasteiger partial charge in [0.05, 0.1) is 18.4 Å².